The smallest absolute Gasteiger partial charge is 0.221 e. The molecule has 0 radical (unpaired) electrons. The first kappa shape index (κ1) is 15.7. The maximum absolute atomic E-state index is 13.5. The largest absolute Gasteiger partial charge is 0.494 e. The molecule has 21 heavy (non-hydrogen) atoms. The SMILES string of the molecule is COc1ccc(CCNC(=O)CC2COCCN2)cc1F. The maximum atomic E-state index is 13.5. The van der Waals surface area contributed by atoms with Crippen molar-refractivity contribution in [1.82, 2.24) is 10.6 Å². The number of morpholine rings is 1. The van der Waals surface area contributed by atoms with Crippen molar-refractivity contribution in [1.29, 1.82) is 0 Å². The number of nitrogens with one attached hydrogen (secondary N) is 2. The van der Waals surface area contributed by atoms with E-state index < -0.39 is 0 Å². The predicted molar refractivity (Wildman–Crippen MR) is 76.9 cm³/mol. The van der Waals surface area contributed by atoms with Gasteiger partial charge in [-0.2, -0.15) is 0 Å². The lowest BCUT2D eigenvalue weighted by Gasteiger charge is -2.23. The van der Waals surface area contributed by atoms with Crippen LogP contribution in [-0.2, 0) is 16.0 Å². The molecule has 1 heterocycles. The number of carbonyl (C=O) groups excluding carboxylic acids is 1. The minimum absolute atomic E-state index is 0.0213. The lowest BCUT2D eigenvalue weighted by atomic mass is 10.1. The Morgan fingerprint density at radius 2 is 2.43 bits per heavy atom. The number of amides is 1. The summed E-state index contributed by atoms with van der Waals surface area (Å²) < 4.78 is 23.7. The Morgan fingerprint density at radius 3 is 3.10 bits per heavy atom. The van der Waals surface area contributed by atoms with Gasteiger partial charge in [0, 0.05) is 25.6 Å². The van der Waals surface area contributed by atoms with E-state index in [0.717, 1.165) is 12.1 Å². The number of ether oxygens (including phenoxy) is 2. The quantitative estimate of drug-likeness (QED) is 0.818. The summed E-state index contributed by atoms with van der Waals surface area (Å²) in [5.41, 5.74) is 0.827. The van der Waals surface area contributed by atoms with Crippen LogP contribution in [0.15, 0.2) is 18.2 Å². The molecule has 2 N–H and O–H groups in total. The fourth-order valence-electron chi connectivity index (χ4n) is 2.26. The van der Waals surface area contributed by atoms with Crippen molar-refractivity contribution >= 4 is 5.91 Å². The zero-order valence-corrected chi connectivity index (χ0v) is 12.2. The van der Waals surface area contributed by atoms with Crippen LogP contribution in [0.2, 0.25) is 0 Å². The van der Waals surface area contributed by atoms with Crippen LogP contribution in [0.4, 0.5) is 4.39 Å². The van der Waals surface area contributed by atoms with E-state index in [2.05, 4.69) is 10.6 Å². The van der Waals surface area contributed by atoms with Gasteiger partial charge in [0.15, 0.2) is 11.6 Å². The van der Waals surface area contributed by atoms with Crippen molar-refractivity contribution in [2.75, 3.05) is 33.4 Å². The first-order chi connectivity index (χ1) is 10.2. The van der Waals surface area contributed by atoms with Gasteiger partial charge in [0.1, 0.15) is 0 Å². The van der Waals surface area contributed by atoms with E-state index in [4.69, 9.17) is 9.47 Å². The molecule has 1 amide bonds. The molecule has 1 unspecified atom stereocenters. The second kappa shape index (κ2) is 7.95. The van der Waals surface area contributed by atoms with Crippen molar-refractivity contribution in [3.63, 3.8) is 0 Å². The fraction of sp³-hybridized carbons (Fsp3) is 0.533. The third-order valence-electron chi connectivity index (χ3n) is 3.38. The van der Waals surface area contributed by atoms with Gasteiger partial charge in [0.05, 0.1) is 20.3 Å². The molecule has 1 atom stereocenters. The summed E-state index contributed by atoms with van der Waals surface area (Å²) in [6, 6.07) is 4.90. The van der Waals surface area contributed by atoms with Gasteiger partial charge in [-0.05, 0) is 24.1 Å². The van der Waals surface area contributed by atoms with E-state index in [1.165, 1.54) is 13.2 Å². The highest BCUT2D eigenvalue weighted by atomic mass is 19.1. The van der Waals surface area contributed by atoms with Crippen LogP contribution in [0, 0.1) is 5.82 Å². The molecule has 6 heteroatoms. The standard InChI is InChI=1S/C15H21FN2O3/c1-20-14-3-2-11(8-13(14)16)4-5-18-15(19)9-12-10-21-7-6-17-12/h2-3,8,12,17H,4-7,9-10H2,1H3,(H,18,19). The normalized spacial score (nSPS) is 18.3. The molecule has 0 aliphatic carbocycles. The Labute approximate surface area is 123 Å². The van der Waals surface area contributed by atoms with Crippen molar-refractivity contribution < 1.29 is 18.7 Å². The Kier molecular flexibility index (Phi) is 5.95. The zero-order valence-electron chi connectivity index (χ0n) is 12.2. The highest BCUT2D eigenvalue weighted by molar-refractivity contribution is 5.76. The van der Waals surface area contributed by atoms with E-state index in [0.29, 0.717) is 32.6 Å². The predicted octanol–water partition coefficient (Wildman–Crippen LogP) is 0.871. The molecule has 2 rings (SSSR count). The van der Waals surface area contributed by atoms with E-state index >= 15 is 0 Å². The lowest BCUT2D eigenvalue weighted by molar-refractivity contribution is -0.122. The summed E-state index contributed by atoms with van der Waals surface area (Å²) in [5, 5.41) is 6.07. The van der Waals surface area contributed by atoms with Crippen LogP contribution in [0.25, 0.3) is 0 Å². The number of hydrogen-bond acceptors (Lipinski definition) is 4. The number of rotatable bonds is 6. The molecule has 0 bridgehead atoms. The Hall–Kier alpha value is -1.66. The average molecular weight is 296 g/mol. The average Bonchev–Trinajstić information content (AvgIpc) is 2.48. The van der Waals surface area contributed by atoms with Crippen molar-refractivity contribution in [2.45, 2.75) is 18.9 Å². The fourth-order valence-corrected chi connectivity index (χ4v) is 2.26. The second-order valence-electron chi connectivity index (χ2n) is 5.00. The number of halogens is 1. The molecule has 5 nitrogen and oxygen atoms in total. The van der Waals surface area contributed by atoms with Crippen LogP contribution in [0.5, 0.6) is 5.75 Å². The molecule has 0 aromatic heterocycles. The first-order valence-corrected chi connectivity index (χ1v) is 7.09. The number of hydrogen-bond donors (Lipinski definition) is 2. The minimum atomic E-state index is -0.384. The summed E-state index contributed by atoms with van der Waals surface area (Å²) in [7, 11) is 1.43. The van der Waals surface area contributed by atoms with E-state index in [9.17, 15) is 9.18 Å². The van der Waals surface area contributed by atoms with Crippen molar-refractivity contribution in [2.24, 2.45) is 0 Å². The summed E-state index contributed by atoms with van der Waals surface area (Å²) >= 11 is 0. The highest BCUT2D eigenvalue weighted by Gasteiger charge is 2.16. The van der Waals surface area contributed by atoms with Gasteiger partial charge in [0.25, 0.3) is 0 Å². The van der Waals surface area contributed by atoms with Crippen LogP contribution in [0.1, 0.15) is 12.0 Å². The maximum Gasteiger partial charge on any atom is 0.221 e. The monoisotopic (exact) mass is 296 g/mol. The number of benzene rings is 1. The van der Waals surface area contributed by atoms with Gasteiger partial charge in [0.2, 0.25) is 5.91 Å². The van der Waals surface area contributed by atoms with Gasteiger partial charge < -0.3 is 20.1 Å². The molecule has 1 saturated heterocycles. The molecular formula is C15H21FN2O3. The first-order valence-electron chi connectivity index (χ1n) is 7.09. The van der Waals surface area contributed by atoms with Crippen molar-refractivity contribution in [3.05, 3.63) is 29.6 Å². The van der Waals surface area contributed by atoms with Gasteiger partial charge in [-0.15, -0.1) is 0 Å². The number of methoxy groups -OCH3 is 1. The Morgan fingerprint density at radius 1 is 1.57 bits per heavy atom. The van der Waals surface area contributed by atoms with Gasteiger partial charge in [-0.3, -0.25) is 4.79 Å². The van der Waals surface area contributed by atoms with Crippen molar-refractivity contribution in [3.8, 4) is 5.75 Å². The van der Waals surface area contributed by atoms with E-state index in [1.807, 2.05) is 0 Å². The topological polar surface area (TPSA) is 59.6 Å². The highest BCUT2D eigenvalue weighted by Crippen LogP contribution is 2.17. The minimum Gasteiger partial charge on any atom is -0.494 e. The summed E-state index contributed by atoms with van der Waals surface area (Å²) in [6.07, 6.45) is 0.984. The van der Waals surface area contributed by atoms with Gasteiger partial charge in [-0.25, -0.2) is 4.39 Å². The Bertz CT molecular complexity index is 476. The summed E-state index contributed by atoms with van der Waals surface area (Å²) in [5.74, 6) is -0.178. The molecule has 0 saturated carbocycles. The zero-order chi connectivity index (χ0) is 15.1. The number of carbonyl (C=O) groups is 1. The summed E-state index contributed by atoms with van der Waals surface area (Å²) in [4.78, 5) is 11.8. The Balaban J connectivity index is 1.70. The van der Waals surface area contributed by atoms with Crippen LogP contribution < -0.4 is 15.4 Å². The third kappa shape index (κ3) is 4.99. The van der Waals surface area contributed by atoms with Crippen LogP contribution >= 0.6 is 0 Å². The molecule has 1 aromatic rings. The lowest BCUT2D eigenvalue weighted by Crippen LogP contribution is -2.44. The molecular weight excluding hydrogens is 275 g/mol. The molecule has 116 valence electrons. The molecule has 1 aromatic carbocycles. The molecule has 1 fully saturated rings. The van der Waals surface area contributed by atoms with E-state index in [1.54, 1.807) is 12.1 Å². The van der Waals surface area contributed by atoms with E-state index in [-0.39, 0.29) is 23.5 Å². The van der Waals surface area contributed by atoms with Gasteiger partial charge >= 0.3 is 0 Å². The molecule has 1 aliphatic rings. The molecule has 1 aliphatic heterocycles. The summed E-state index contributed by atoms with van der Waals surface area (Å²) in [6.45, 7) is 2.53. The van der Waals surface area contributed by atoms with Crippen LogP contribution in [-0.4, -0.2) is 45.4 Å². The third-order valence-corrected chi connectivity index (χ3v) is 3.38. The van der Waals surface area contributed by atoms with Crippen LogP contribution in [0.3, 0.4) is 0 Å². The van der Waals surface area contributed by atoms with Gasteiger partial charge in [-0.1, -0.05) is 6.07 Å². The molecule has 0 spiro atoms. The second-order valence-corrected chi connectivity index (χ2v) is 5.00.